The zero-order valence-electron chi connectivity index (χ0n) is 17.7. The molecule has 0 unspecified atom stereocenters. The van der Waals surface area contributed by atoms with Crippen LogP contribution in [0.15, 0.2) is 10.5 Å². The van der Waals surface area contributed by atoms with Gasteiger partial charge in [-0.3, -0.25) is 0 Å². The van der Waals surface area contributed by atoms with Crippen molar-refractivity contribution in [2.75, 3.05) is 5.73 Å². The molecule has 6 nitrogen and oxygen atoms in total. The van der Waals surface area contributed by atoms with E-state index in [0.717, 1.165) is 77.0 Å². The number of unbranched alkanes of at least 4 members (excludes halogenated alkanes) is 6. The number of aromatic nitrogens is 1. The van der Waals surface area contributed by atoms with Gasteiger partial charge in [0.25, 0.3) is 0 Å². The summed E-state index contributed by atoms with van der Waals surface area (Å²) in [6, 6.07) is 0. The van der Waals surface area contributed by atoms with Crippen molar-refractivity contribution in [3.63, 3.8) is 0 Å². The molecule has 7 heteroatoms. The highest BCUT2D eigenvalue weighted by molar-refractivity contribution is 7.13. The summed E-state index contributed by atoms with van der Waals surface area (Å²) in [7, 11) is 0. The highest BCUT2D eigenvalue weighted by atomic mass is 32.1. The predicted octanol–water partition coefficient (Wildman–Crippen LogP) is 6.01. The molecule has 3 N–H and O–H groups in total. The second-order valence-electron chi connectivity index (χ2n) is 7.46. The number of oxime groups is 1. The van der Waals surface area contributed by atoms with Gasteiger partial charge in [0.1, 0.15) is 11.3 Å². The van der Waals surface area contributed by atoms with Gasteiger partial charge in [-0.25, -0.2) is 9.78 Å². The van der Waals surface area contributed by atoms with E-state index in [1.165, 1.54) is 11.3 Å². The second kappa shape index (κ2) is 13.5. The molecular weight excluding hydrogens is 374 g/mol. The van der Waals surface area contributed by atoms with E-state index in [1.54, 1.807) is 5.38 Å². The summed E-state index contributed by atoms with van der Waals surface area (Å²) in [5.74, 6) is -1.14. The fourth-order valence-electron chi connectivity index (χ4n) is 3.34. The maximum atomic E-state index is 11.7. The fraction of sp³-hybridized carbons (Fsp3) is 0.762. The lowest BCUT2D eigenvalue weighted by Crippen LogP contribution is -2.32. The molecule has 0 aromatic carbocycles. The molecule has 0 saturated carbocycles. The van der Waals surface area contributed by atoms with E-state index in [0.29, 0.717) is 5.13 Å². The molecule has 0 amide bonds. The number of carbonyl (C=O) groups is 1. The maximum Gasteiger partial charge on any atom is 0.360 e. The Kier molecular flexibility index (Phi) is 11.8. The van der Waals surface area contributed by atoms with Crippen LogP contribution in [-0.4, -0.2) is 27.4 Å². The molecule has 1 aromatic heterocycles. The van der Waals surface area contributed by atoms with Gasteiger partial charge in [-0.15, -0.1) is 11.3 Å². The number of nitrogens with two attached hydrogens (primary N) is 1. The van der Waals surface area contributed by atoms with Crippen molar-refractivity contribution in [3.05, 3.63) is 11.1 Å². The first-order valence-electron chi connectivity index (χ1n) is 10.7. The third-order valence-corrected chi connectivity index (χ3v) is 5.68. The standard InChI is InChI=1S/C21H37N3O3S/c1-4-7-10-13-21(14-11-8-5-2,15-12-9-6-3)27-24-18(19(25)26)17-16-28-20(22)23-17/h16H,4-15H2,1-3H3,(H2,22,23)(H,25,26). The van der Waals surface area contributed by atoms with Crippen molar-refractivity contribution in [1.82, 2.24) is 4.98 Å². The first-order valence-corrected chi connectivity index (χ1v) is 11.6. The smallest absolute Gasteiger partial charge is 0.360 e. The number of carboxylic acid groups (broad SMARTS) is 1. The molecule has 160 valence electrons. The number of rotatable bonds is 16. The lowest BCUT2D eigenvalue weighted by Gasteiger charge is -2.32. The molecule has 0 fully saturated rings. The SMILES string of the molecule is CCCCCC(CCCCC)(CCCCC)ON=C(C(=O)O)c1csc(N)n1. The van der Waals surface area contributed by atoms with E-state index in [2.05, 4.69) is 30.9 Å². The van der Waals surface area contributed by atoms with Crippen LogP contribution in [0.5, 0.6) is 0 Å². The van der Waals surface area contributed by atoms with E-state index in [1.807, 2.05) is 0 Å². The third-order valence-electron chi connectivity index (χ3n) is 5.01. The van der Waals surface area contributed by atoms with Crippen LogP contribution in [0, 0.1) is 0 Å². The van der Waals surface area contributed by atoms with Gasteiger partial charge in [0.05, 0.1) is 0 Å². The Bertz CT molecular complexity index is 575. The Morgan fingerprint density at radius 3 is 1.93 bits per heavy atom. The Balaban J connectivity index is 3.06. The first-order chi connectivity index (χ1) is 13.5. The van der Waals surface area contributed by atoms with E-state index < -0.39 is 11.6 Å². The number of anilines is 1. The molecule has 0 spiro atoms. The molecule has 1 rings (SSSR count). The minimum atomic E-state index is -1.14. The van der Waals surface area contributed by atoms with Gasteiger partial charge < -0.3 is 15.7 Å². The van der Waals surface area contributed by atoms with Crippen molar-refractivity contribution in [2.45, 2.75) is 103 Å². The predicted molar refractivity (Wildman–Crippen MR) is 117 cm³/mol. The molecular formula is C21H37N3O3S. The summed E-state index contributed by atoms with van der Waals surface area (Å²) >= 11 is 1.20. The van der Waals surface area contributed by atoms with Gasteiger partial charge in [0.15, 0.2) is 5.13 Å². The number of carboxylic acids is 1. The normalized spacial score (nSPS) is 12.3. The monoisotopic (exact) mass is 411 g/mol. The highest BCUT2D eigenvalue weighted by Crippen LogP contribution is 2.33. The Morgan fingerprint density at radius 1 is 1.07 bits per heavy atom. The number of aliphatic carboxylic acids is 1. The quantitative estimate of drug-likeness (QED) is 0.197. The lowest BCUT2D eigenvalue weighted by molar-refractivity contribution is -0.130. The molecule has 0 aliphatic rings. The minimum absolute atomic E-state index is 0.168. The average molecular weight is 412 g/mol. The van der Waals surface area contributed by atoms with E-state index in [4.69, 9.17) is 10.6 Å². The zero-order valence-corrected chi connectivity index (χ0v) is 18.5. The number of hydrogen-bond donors (Lipinski definition) is 2. The molecule has 0 saturated heterocycles. The topological polar surface area (TPSA) is 97.8 Å². The van der Waals surface area contributed by atoms with Crippen molar-refractivity contribution in [1.29, 1.82) is 0 Å². The first kappa shape index (κ1) is 24.4. The van der Waals surface area contributed by atoms with Crippen LogP contribution in [0.2, 0.25) is 0 Å². The molecule has 1 aromatic rings. The van der Waals surface area contributed by atoms with Crippen LogP contribution in [0.1, 0.15) is 104 Å². The molecule has 0 radical (unpaired) electrons. The fourth-order valence-corrected chi connectivity index (χ4v) is 3.89. The average Bonchev–Trinajstić information content (AvgIpc) is 3.08. The molecule has 28 heavy (non-hydrogen) atoms. The van der Waals surface area contributed by atoms with Crippen molar-refractivity contribution in [3.8, 4) is 0 Å². The molecule has 1 heterocycles. The van der Waals surface area contributed by atoms with Crippen LogP contribution >= 0.6 is 11.3 Å². The maximum absolute atomic E-state index is 11.7. The van der Waals surface area contributed by atoms with Gasteiger partial charge in [-0.2, -0.15) is 0 Å². The van der Waals surface area contributed by atoms with Crippen LogP contribution in [-0.2, 0) is 9.63 Å². The summed E-state index contributed by atoms with van der Waals surface area (Å²) < 4.78 is 0. The van der Waals surface area contributed by atoms with E-state index in [-0.39, 0.29) is 11.4 Å². The van der Waals surface area contributed by atoms with E-state index in [9.17, 15) is 9.90 Å². The lowest BCUT2D eigenvalue weighted by atomic mass is 9.85. The van der Waals surface area contributed by atoms with Crippen molar-refractivity contribution >= 4 is 28.1 Å². The van der Waals surface area contributed by atoms with E-state index >= 15 is 0 Å². The van der Waals surface area contributed by atoms with Gasteiger partial charge in [-0.05, 0) is 38.5 Å². The number of hydrogen-bond acceptors (Lipinski definition) is 6. The molecule has 0 aliphatic heterocycles. The number of nitrogen functional groups attached to an aromatic ring is 1. The summed E-state index contributed by atoms with van der Waals surface area (Å²) in [6.45, 7) is 6.55. The number of nitrogens with zero attached hydrogens (tertiary/aromatic N) is 2. The summed E-state index contributed by atoms with van der Waals surface area (Å²) in [4.78, 5) is 21.9. The summed E-state index contributed by atoms with van der Waals surface area (Å²) in [5.41, 5.74) is 5.35. The van der Waals surface area contributed by atoms with Gasteiger partial charge in [-0.1, -0.05) is 64.5 Å². The number of thiazole rings is 1. The second-order valence-corrected chi connectivity index (χ2v) is 8.35. The van der Waals surface area contributed by atoms with Gasteiger partial charge >= 0.3 is 5.97 Å². The molecule has 0 atom stereocenters. The van der Waals surface area contributed by atoms with Crippen molar-refractivity contribution < 1.29 is 14.7 Å². The van der Waals surface area contributed by atoms with Crippen molar-refractivity contribution in [2.24, 2.45) is 5.16 Å². The summed E-state index contributed by atoms with van der Waals surface area (Å²) in [5, 5.41) is 15.6. The van der Waals surface area contributed by atoms with Gasteiger partial charge in [0.2, 0.25) is 5.71 Å². The van der Waals surface area contributed by atoms with Gasteiger partial charge in [0, 0.05) is 5.38 Å². The van der Waals surface area contributed by atoms with Crippen LogP contribution < -0.4 is 5.73 Å². The molecule has 0 bridgehead atoms. The van der Waals surface area contributed by atoms with Crippen LogP contribution in [0.4, 0.5) is 5.13 Å². The molecule has 0 aliphatic carbocycles. The van der Waals surface area contributed by atoms with Crippen LogP contribution in [0.3, 0.4) is 0 Å². The Hall–Kier alpha value is -1.63. The Labute approximate surface area is 173 Å². The Morgan fingerprint density at radius 2 is 1.57 bits per heavy atom. The highest BCUT2D eigenvalue weighted by Gasteiger charge is 2.32. The van der Waals surface area contributed by atoms with Crippen LogP contribution in [0.25, 0.3) is 0 Å². The third kappa shape index (κ3) is 8.59. The minimum Gasteiger partial charge on any atom is -0.476 e. The summed E-state index contributed by atoms with van der Waals surface area (Å²) in [6.07, 6.45) is 12.8. The zero-order chi connectivity index (χ0) is 20.8. The largest absolute Gasteiger partial charge is 0.476 e.